The van der Waals surface area contributed by atoms with Crippen molar-refractivity contribution in [2.75, 3.05) is 23.8 Å². The summed E-state index contributed by atoms with van der Waals surface area (Å²) in [5.74, 6) is 0. The maximum atomic E-state index is 12.5. The van der Waals surface area contributed by atoms with Gasteiger partial charge in [0.05, 0.1) is 11.8 Å². The second kappa shape index (κ2) is 8.00. The molecule has 2 amide bonds. The van der Waals surface area contributed by atoms with Crippen LogP contribution in [0.25, 0.3) is 11.0 Å². The van der Waals surface area contributed by atoms with Crippen molar-refractivity contribution in [2.24, 2.45) is 0 Å². The van der Waals surface area contributed by atoms with Crippen LogP contribution in [0, 0.1) is 0 Å². The predicted octanol–water partition coefficient (Wildman–Crippen LogP) is 3.45. The average molecular weight is 371 g/mol. The lowest BCUT2D eigenvalue weighted by Gasteiger charge is -2.19. The van der Waals surface area contributed by atoms with Crippen molar-refractivity contribution in [3.05, 3.63) is 34.7 Å². The minimum Gasteiger partial charge on any atom is -0.421 e. The Balaban J connectivity index is 1.58. The summed E-state index contributed by atoms with van der Waals surface area (Å²) in [5.41, 5.74) is 0.751. The van der Waals surface area contributed by atoms with Crippen molar-refractivity contribution in [3.8, 4) is 0 Å². The monoisotopic (exact) mass is 371 g/mol. The summed E-state index contributed by atoms with van der Waals surface area (Å²) in [5, 5.41) is 9.74. The third-order valence-corrected chi connectivity index (χ3v) is 5.27. The van der Waals surface area contributed by atoms with Crippen LogP contribution in [0.1, 0.15) is 38.5 Å². The van der Waals surface area contributed by atoms with Crippen LogP contribution < -0.4 is 21.6 Å². The van der Waals surface area contributed by atoms with Crippen LogP contribution in [-0.4, -0.2) is 31.3 Å². The molecule has 3 N–H and O–H groups in total. The number of nitrogens with one attached hydrogen (secondary N) is 3. The maximum absolute atomic E-state index is 12.5. The quantitative estimate of drug-likeness (QED) is 0.700. The third-order valence-electron chi connectivity index (χ3n) is 5.27. The molecule has 1 aliphatic carbocycles. The van der Waals surface area contributed by atoms with Gasteiger partial charge in [0.2, 0.25) is 0 Å². The van der Waals surface area contributed by atoms with E-state index in [-0.39, 0.29) is 11.8 Å². The third kappa shape index (κ3) is 4.08. The fraction of sp³-hybridized carbons (Fsp3) is 0.500. The summed E-state index contributed by atoms with van der Waals surface area (Å²) >= 11 is 0. The molecule has 2 aliphatic rings. The van der Waals surface area contributed by atoms with E-state index in [1.165, 1.54) is 12.8 Å². The number of hydrogen-bond acceptors (Lipinski definition) is 5. The standard InChI is InChI=1S/C20H25N3O4/c24-19-18(23-20(25)21-12-14-8-5-11-26-14)17(22-13-6-1-2-7-13)15-9-3-4-10-16(15)27-19/h3-4,9-10,13-14,22H,1-2,5-8,11-12H2,(H2,21,23,25)/t14-/m1/s1. The van der Waals surface area contributed by atoms with E-state index in [0.717, 1.165) is 37.7 Å². The highest BCUT2D eigenvalue weighted by Gasteiger charge is 2.22. The molecule has 1 aromatic heterocycles. The Labute approximate surface area is 157 Å². The van der Waals surface area contributed by atoms with Crippen molar-refractivity contribution < 1.29 is 13.9 Å². The molecule has 7 nitrogen and oxygen atoms in total. The second-order valence-corrected chi connectivity index (χ2v) is 7.23. The molecule has 0 bridgehead atoms. The molecule has 0 unspecified atom stereocenters. The highest BCUT2D eigenvalue weighted by molar-refractivity contribution is 6.01. The molecule has 7 heteroatoms. The van der Waals surface area contributed by atoms with Gasteiger partial charge in [-0.15, -0.1) is 0 Å². The van der Waals surface area contributed by atoms with E-state index in [0.29, 0.717) is 23.9 Å². The average Bonchev–Trinajstić information content (AvgIpc) is 3.36. The molecule has 0 spiro atoms. The summed E-state index contributed by atoms with van der Waals surface area (Å²) in [6, 6.07) is 7.24. The van der Waals surface area contributed by atoms with Gasteiger partial charge in [-0.25, -0.2) is 9.59 Å². The Hall–Kier alpha value is -2.54. The van der Waals surface area contributed by atoms with Crippen LogP contribution in [0.3, 0.4) is 0 Å². The number of ether oxygens (including phenoxy) is 1. The highest BCUT2D eigenvalue weighted by Crippen LogP contribution is 2.32. The molecule has 1 atom stereocenters. The van der Waals surface area contributed by atoms with Crippen molar-refractivity contribution in [1.29, 1.82) is 0 Å². The van der Waals surface area contributed by atoms with Crippen molar-refractivity contribution in [3.63, 3.8) is 0 Å². The van der Waals surface area contributed by atoms with Crippen LogP contribution in [0.2, 0.25) is 0 Å². The van der Waals surface area contributed by atoms with Gasteiger partial charge in [0, 0.05) is 24.6 Å². The Morgan fingerprint density at radius 2 is 1.89 bits per heavy atom. The highest BCUT2D eigenvalue weighted by atomic mass is 16.5. The van der Waals surface area contributed by atoms with Gasteiger partial charge < -0.3 is 19.8 Å². The SMILES string of the molecule is O=C(NC[C@H]1CCCO1)Nc1c(NC2CCCC2)c2ccccc2oc1=O. The number of anilines is 2. The van der Waals surface area contributed by atoms with Gasteiger partial charge in [0.15, 0.2) is 5.69 Å². The number of hydrogen-bond donors (Lipinski definition) is 3. The first kappa shape index (κ1) is 17.9. The number of carbonyl (C=O) groups excluding carboxylic acids is 1. The molecule has 1 saturated heterocycles. The molecular formula is C20H25N3O4. The zero-order valence-corrected chi connectivity index (χ0v) is 15.3. The summed E-state index contributed by atoms with van der Waals surface area (Å²) in [4.78, 5) is 24.9. The van der Waals surface area contributed by atoms with Gasteiger partial charge in [-0.3, -0.25) is 5.32 Å². The van der Waals surface area contributed by atoms with E-state index in [2.05, 4.69) is 16.0 Å². The molecular weight excluding hydrogens is 346 g/mol. The number of rotatable bonds is 5. The molecule has 144 valence electrons. The minimum atomic E-state index is -0.554. The molecule has 2 fully saturated rings. The zero-order valence-electron chi connectivity index (χ0n) is 15.3. The van der Waals surface area contributed by atoms with Crippen molar-refractivity contribution in [1.82, 2.24) is 5.32 Å². The topological polar surface area (TPSA) is 92.6 Å². The van der Waals surface area contributed by atoms with Gasteiger partial charge in [0.1, 0.15) is 5.58 Å². The fourth-order valence-corrected chi connectivity index (χ4v) is 3.86. The summed E-state index contributed by atoms with van der Waals surface area (Å²) in [7, 11) is 0. The molecule has 1 aliphatic heterocycles. The Bertz CT molecular complexity index is 867. The van der Waals surface area contributed by atoms with Gasteiger partial charge in [-0.05, 0) is 37.8 Å². The fourth-order valence-electron chi connectivity index (χ4n) is 3.86. The van der Waals surface area contributed by atoms with Crippen LogP contribution in [0.4, 0.5) is 16.2 Å². The molecule has 0 radical (unpaired) electrons. The number of para-hydroxylation sites is 1. The number of urea groups is 1. The van der Waals surface area contributed by atoms with Gasteiger partial charge in [-0.2, -0.15) is 0 Å². The van der Waals surface area contributed by atoms with E-state index in [9.17, 15) is 9.59 Å². The van der Waals surface area contributed by atoms with Gasteiger partial charge >= 0.3 is 11.7 Å². The summed E-state index contributed by atoms with van der Waals surface area (Å²) < 4.78 is 10.9. The first-order chi connectivity index (χ1) is 13.2. The van der Waals surface area contributed by atoms with E-state index in [1.54, 1.807) is 6.07 Å². The molecule has 27 heavy (non-hydrogen) atoms. The minimum absolute atomic E-state index is 0.0415. The largest absolute Gasteiger partial charge is 0.421 e. The Morgan fingerprint density at radius 3 is 2.67 bits per heavy atom. The second-order valence-electron chi connectivity index (χ2n) is 7.23. The molecule has 2 heterocycles. The number of fused-ring (bicyclic) bond motifs is 1. The van der Waals surface area contributed by atoms with E-state index in [1.807, 2.05) is 18.2 Å². The van der Waals surface area contributed by atoms with E-state index >= 15 is 0 Å². The lowest BCUT2D eigenvalue weighted by atomic mass is 10.1. The van der Waals surface area contributed by atoms with Crippen molar-refractivity contribution in [2.45, 2.75) is 50.7 Å². The molecule has 1 saturated carbocycles. The van der Waals surface area contributed by atoms with Crippen LogP contribution in [0.5, 0.6) is 0 Å². The molecule has 1 aromatic carbocycles. The first-order valence-electron chi connectivity index (χ1n) is 9.69. The Morgan fingerprint density at radius 1 is 1.07 bits per heavy atom. The van der Waals surface area contributed by atoms with Crippen LogP contribution >= 0.6 is 0 Å². The summed E-state index contributed by atoms with van der Waals surface area (Å²) in [6.45, 7) is 1.16. The molecule has 4 rings (SSSR count). The van der Waals surface area contributed by atoms with Crippen molar-refractivity contribution >= 4 is 28.4 Å². The molecule has 2 aromatic rings. The number of carbonyl (C=O) groups is 1. The number of amides is 2. The number of benzene rings is 1. The van der Waals surface area contributed by atoms with E-state index < -0.39 is 11.7 Å². The normalized spacial score (nSPS) is 20.1. The van der Waals surface area contributed by atoms with Crippen LogP contribution in [-0.2, 0) is 4.74 Å². The maximum Gasteiger partial charge on any atom is 0.362 e. The Kier molecular flexibility index (Phi) is 5.29. The lowest BCUT2D eigenvalue weighted by Crippen LogP contribution is -2.36. The van der Waals surface area contributed by atoms with Gasteiger partial charge in [0.25, 0.3) is 0 Å². The smallest absolute Gasteiger partial charge is 0.362 e. The predicted molar refractivity (Wildman–Crippen MR) is 104 cm³/mol. The first-order valence-corrected chi connectivity index (χ1v) is 9.69. The van der Waals surface area contributed by atoms with Gasteiger partial charge in [-0.1, -0.05) is 25.0 Å². The lowest BCUT2D eigenvalue weighted by molar-refractivity contribution is 0.112. The van der Waals surface area contributed by atoms with E-state index in [4.69, 9.17) is 9.15 Å². The van der Waals surface area contributed by atoms with Crippen LogP contribution in [0.15, 0.2) is 33.5 Å². The zero-order chi connectivity index (χ0) is 18.6. The summed E-state index contributed by atoms with van der Waals surface area (Å²) in [6.07, 6.45) is 6.44.